The maximum absolute atomic E-state index is 8.37. The van der Waals surface area contributed by atoms with E-state index in [1.165, 1.54) is 57.8 Å². The molecule has 4 nitrogen and oxygen atoms in total. The molecule has 0 bridgehead atoms. The molecule has 0 unspecified atom stereocenters. The molecule has 0 atom stereocenters. The van der Waals surface area contributed by atoms with Crippen molar-refractivity contribution >= 4 is 11.0 Å². The normalized spacial score (nSPS) is 11.5. The molecule has 146 valence electrons. The van der Waals surface area contributed by atoms with Gasteiger partial charge in [-0.2, -0.15) is 0 Å². The zero-order chi connectivity index (χ0) is 18.6. The molecule has 1 aromatic carbocycles. The second-order valence-electron chi connectivity index (χ2n) is 7.20. The molecule has 0 amide bonds. The molecular weight excluding hydrogens is 322 g/mol. The quantitative estimate of drug-likeness (QED) is 0.423. The van der Waals surface area contributed by atoms with E-state index >= 15 is 0 Å². The lowest BCUT2D eigenvalue weighted by Crippen LogP contribution is -2.25. The molecule has 26 heavy (non-hydrogen) atoms. The van der Waals surface area contributed by atoms with Crippen LogP contribution >= 0.6 is 0 Å². The summed E-state index contributed by atoms with van der Waals surface area (Å²) in [6.07, 6.45) is 13.4. The summed E-state index contributed by atoms with van der Waals surface area (Å²) in [5.74, 6) is 0. The van der Waals surface area contributed by atoms with Crippen molar-refractivity contribution in [2.75, 3.05) is 6.61 Å². The summed E-state index contributed by atoms with van der Waals surface area (Å²) in [5, 5.41) is 8.37. The van der Waals surface area contributed by atoms with E-state index in [0.717, 1.165) is 30.6 Å². The van der Waals surface area contributed by atoms with E-state index in [9.17, 15) is 0 Å². The molecular formula is C22H37N3O. The van der Waals surface area contributed by atoms with Crippen molar-refractivity contribution in [3.63, 3.8) is 0 Å². The minimum Gasteiger partial charge on any atom is -0.361 e. The first-order chi connectivity index (χ1) is 12.8. The summed E-state index contributed by atoms with van der Waals surface area (Å²) < 4.78 is 9.86. The van der Waals surface area contributed by atoms with Crippen LogP contribution in [0.5, 0.6) is 0 Å². The molecule has 0 radical (unpaired) electrons. The lowest BCUT2D eigenvalue weighted by Gasteiger charge is -2.07. The van der Waals surface area contributed by atoms with Crippen LogP contribution in [-0.4, -0.2) is 15.7 Å². The summed E-state index contributed by atoms with van der Waals surface area (Å²) in [5.41, 5.74) is 2.72. The summed E-state index contributed by atoms with van der Waals surface area (Å²) in [4.78, 5) is 0. The second kappa shape index (κ2) is 11.9. The highest BCUT2D eigenvalue weighted by molar-refractivity contribution is 5.75. The van der Waals surface area contributed by atoms with Crippen LogP contribution in [0, 0.1) is 5.41 Å². The fraction of sp³-hybridized carbons (Fsp3) is 0.682. The number of unbranched alkanes of at least 4 members (excludes halogenated alkanes) is 9. The van der Waals surface area contributed by atoms with Crippen LogP contribution in [0.2, 0.25) is 0 Å². The lowest BCUT2D eigenvalue weighted by molar-refractivity contribution is 0.0729. The molecule has 1 heterocycles. The third-order valence-corrected chi connectivity index (χ3v) is 5.15. The molecule has 2 rings (SSSR count). The van der Waals surface area contributed by atoms with Gasteiger partial charge in [0.1, 0.15) is 6.73 Å². The Morgan fingerprint density at radius 3 is 1.88 bits per heavy atom. The fourth-order valence-corrected chi connectivity index (χ4v) is 3.59. The number of aromatic nitrogens is 2. The number of rotatable bonds is 14. The molecule has 0 aliphatic carbocycles. The van der Waals surface area contributed by atoms with Crippen molar-refractivity contribution in [1.29, 1.82) is 5.41 Å². The Morgan fingerprint density at radius 2 is 1.31 bits per heavy atom. The molecule has 0 fully saturated rings. The van der Waals surface area contributed by atoms with Crippen molar-refractivity contribution in [1.82, 2.24) is 9.13 Å². The fourth-order valence-electron chi connectivity index (χ4n) is 3.59. The van der Waals surface area contributed by atoms with Gasteiger partial charge in [-0.25, -0.2) is 0 Å². The van der Waals surface area contributed by atoms with Gasteiger partial charge in [0.2, 0.25) is 5.62 Å². The summed E-state index contributed by atoms with van der Waals surface area (Å²) in [7, 11) is 0. The van der Waals surface area contributed by atoms with Crippen molar-refractivity contribution in [3.8, 4) is 0 Å². The zero-order valence-corrected chi connectivity index (χ0v) is 16.8. The summed E-state index contributed by atoms with van der Waals surface area (Å²) in [6.45, 7) is 6.43. The number of imidazole rings is 1. The van der Waals surface area contributed by atoms with Crippen molar-refractivity contribution in [3.05, 3.63) is 29.9 Å². The molecule has 0 saturated carbocycles. The van der Waals surface area contributed by atoms with Gasteiger partial charge >= 0.3 is 0 Å². The van der Waals surface area contributed by atoms with E-state index in [0.29, 0.717) is 12.3 Å². The van der Waals surface area contributed by atoms with Crippen LogP contribution in [0.25, 0.3) is 11.0 Å². The first-order valence-electron chi connectivity index (χ1n) is 10.6. The number of nitrogens with zero attached hydrogens (tertiary/aromatic N) is 2. The minimum atomic E-state index is 0.476. The van der Waals surface area contributed by atoms with Crippen LogP contribution in [0.3, 0.4) is 0 Å². The topological polar surface area (TPSA) is 42.9 Å². The van der Waals surface area contributed by atoms with Gasteiger partial charge < -0.3 is 9.30 Å². The van der Waals surface area contributed by atoms with Gasteiger partial charge in [-0.3, -0.25) is 9.98 Å². The first-order valence-corrected chi connectivity index (χ1v) is 10.6. The Labute approximate surface area is 158 Å². The van der Waals surface area contributed by atoms with E-state index in [1.54, 1.807) is 0 Å². The maximum Gasteiger partial charge on any atom is 0.204 e. The standard InChI is InChI=1S/C22H37N3O/c1-3-5-6-7-8-9-10-11-12-15-18-26-19-25-21-17-14-13-16-20(21)24(4-2)22(25)23/h13-14,16-17,23H,3-12,15,18-19H2,1-2H3. The molecule has 1 N–H and O–H groups in total. The van der Waals surface area contributed by atoms with Gasteiger partial charge in [0, 0.05) is 13.2 Å². The van der Waals surface area contributed by atoms with E-state index in [1.807, 2.05) is 21.3 Å². The van der Waals surface area contributed by atoms with Gasteiger partial charge in [-0.15, -0.1) is 0 Å². The third kappa shape index (κ3) is 6.01. The monoisotopic (exact) mass is 359 g/mol. The SMILES string of the molecule is CCCCCCCCCCCCOCn1c(=N)n(CC)c2ccccc21. The van der Waals surface area contributed by atoms with Crippen molar-refractivity contribution in [2.24, 2.45) is 0 Å². The number of fused-ring (bicyclic) bond motifs is 1. The molecule has 1 aromatic heterocycles. The Bertz CT molecular complexity index is 686. The van der Waals surface area contributed by atoms with E-state index in [-0.39, 0.29) is 0 Å². The lowest BCUT2D eigenvalue weighted by atomic mass is 10.1. The average Bonchev–Trinajstić information content (AvgIpc) is 2.93. The van der Waals surface area contributed by atoms with Gasteiger partial charge in [-0.1, -0.05) is 76.8 Å². The number of hydrogen-bond acceptors (Lipinski definition) is 2. The molecule has 0 saturated heterocycles. The van der Waals surface area contributed by atoms with Gasteiger partial charge in [0.25, 0.3) is 0 Å². The van der Waals surface area contributed by atoms with Crippen LogP contribution < -0.4 is 5.62 Å². The Balaban J connectivity index is 1.62. The minimum absolute atomic E-state index is 0.476. The molecule has 0 spiro atoms. The molecule has 0 aliphatic rings. The largest absolute Gasteiger partial charge is 0.361 e. The number of para-hydroxylation sites is 2. The van der Waals surface area contributed by atoms with E-state index in [2.05, 4.69) is 26.0 Å². The highest BCUT2D eigenvalue weighted by atomic mass is 16.5. The van der Waals surface area contributed by atoms with Gasteiger partial charge in [0.05, 0.1) is 11.0 Å². The summed E-state index contributed by atoms with van der Waals surface area (Å²) >= 11 is 0. The van der Waals surface area contributed by atoms with Crippen molar-refractivity contribution in [2.45, 2.75) is 91.3 Å². The number of hydrogen-bond donors (Lipinski definition) is 1. The smallest absolute Gasteiger partial charge is 0.204 e. The van der Waals surface area contributed by atoms with E-state index < -0.39 is 0 Å². The van der Waals surface area contributed by atoms with Crippen LogP contribution in [-0.2, 0) is 18.0 Å². The van der Waals surface area contributed by atoms with Crippen molar-refractivity contribution < 1.29 is 4.74 Å². The number of aryl methyl sites for hydroxylation is 1. The molecule has 4 heteroatoms. The highest BCUT2D eigenvalue weighted by Gasteiger charge is 2.08. The van der Waals surface area contributed by atoms with Gasteiger partial charge in [-0.05, 0) is 25.5 Å². The molecule has 2 aromatic rings. The maximum atomic E-state index is 8.37. The number of ether oxygens (including phenoxy) is 1. The Kier molecular flexibility index (Phi) is 9.54. The highest BCUT2D eigenvalue weighted by Crippen LogP contribution is 2.13. The van der Waals surface area contributed by atoms with Crippen LogP contribution in [0.15, 0.2) is 24.3 Å². The predicted octanol–water partition coefficient (Wildman–Crippen LogP) is 5.84. The van der Waals surface area contributed by atoms with Crippen LogP contribution in [0.4, 0.5) is 0 Å². The zero-order valence-electron chi connectivity index (χ0n) is 16.8. The number of benzene rings is 1. The van der Waals surface area contributed by atoms with Gasteiger partial charge in [0.15, 0.2) is 0 Å². The molecule has 0 aliphatic heterocycles. The third-order valence-electron chi connectivity index (χ3n) is 5.15. The summed E-state index contributed by atoms with van der Waals surface area (Å²) in [6, 6.07) is 8.21. The Morgan fingerprint density at radius 1 is 0.769 bits per heavy atom. The first kappa shape index (κ1) is 20.8. The second-order valence-corrected chi connectivity index (χ2v) is 7.20. The number of nitrogens with one attached hydrogen (secondary N) is 1. The Hall–Kier alpha value is -1.55. The predicted molar refractivity (Wildman–Crippen MR) is 109 cm³/mol. The van der Waals surface area contributed by atoms with E-state index in [4.69, 9.17) is 10.1 Å². The average molecular weight is 360 g/mol. The van der Waals surface area contributed by atoms with Crippen LogP contribution in [0.1, 0.15) is 78.1 Å².